The molecule has 118 valence electrons. The Labute approximate surface area is 124 Å². The minimum atomic E-state index is -1.47. The maximum Gasteiger partial charge on any atom is 0.132 e. The molecule has 1 aromatic rings. The molecule has 1 aliphatic rings. The van der Waals surface area contributed by atoms with Gasteiger partial charge in [-0.2, -0.15) is 0 Å². The Kier molecular flexibility index (Phi) is 4.66. The third-order valence-corrected chi connectivity index (χ3v) is 4.44. The Morgan fingerprint density at radius 2 is 1.76 bits per heavy atom. The molecule has 0 amide bonds. The van der Waals surface area contributed by atoms with Crippen molar-refractivity contribution in [3.63, 3.8) is 0 Å². The lowest BCUT2D eigenvalue weighted by atomic mass is 9.83. The van der Waals surface area contributed by atoms with Gasteiger partial charge in [-0.05, 0) is 38.3 Å². The summed E-state index contributed by atoms with van der Waals surface area (Å²) in [6.07, 6.45) is 1.14. The molecule has 1 atom stereocenters. The topological polar surface area (TPSA) is 43.7 Å². The maximum atomic E-state index is 13.8. The minimum Gasteiger partial charge on any atom is -0.389 e. The molecule has 0 bridgehead atoms. The van der Waals surface area contributed by atoms with E-state index >= 15 is 0 Å². The third kappa shape index (κ3) is 3.59. The first-order chi connectivity index (χ1) is 9.77. The molecule has 0 saturated carbocycles. The van der Waals surface area contributed by atoms with Crippen molar-refractivity contribution < 1.29 is 19.0 Å². The van der Waals surface area contributed by atoms with Gasteiger partial charge in [-0.3, -0.25) is 0 Å². The number of hydrogen-bond acceptors (Lipinski definition) is 3. The van der Waals surface area contributed by atoms with Gasteiger partial charge in [0.25, 0.3) is 0 Å². The van der Waals surface area contributed by atoms with Crippen LogP contribution in [0.1, 0.15) is 38.7 Å². The highest BCUT2D eigenvalue weighted by molar-refractivity contribution is 5.27. The second-order valence-corrected chi connectivity index (χ2v) is 6.25. The highest BCUT2D eigenvalue weighted by Crippen LogP contribution is 2.36. The van der Waals surface area contributed by atoms with Gasteiger partial charge in [-0.1, -0.05) is 13.0 Å². The molecule has 1 aromatic carbocycles. The Bertz CT molecular complexity index is 477. The zero-order valence-corrected chi connectivity index (χ0v) is 12.6. The van der Waals surface area contributed by atoms with Crippen LogP contribution < -0.4 is 0 Å². The first kappa shape index (κ1) is 16.3. The van der Waals surface area contributed by atoms with Crippen LogP contribution in [0.25, 0.3) is 0 Å². The Morgan fingerprint density at radius 1 is 1.24 bits per heavy atom. The monoisotopic (exact) mass is 299 g/mol. The van der Waals surface area contributed by atoms with Crippen LogP contribution >= 0.6 is 0 Å². The smallest absolute Gasteiger partial charge is 0.132 e. The first-order valence-electron chi connectivity index (χ1n) is 7.39. The summed E-state index contributed by atoms with van der Waals surface area (Å²) in [7, 11) is 0. The fraction of sp³-hybridized carbons (Fsp3) is 0.625. The number of hydrogen-bond donors (Lipinski definition) is 2. The number of benzene rings is 1. The number of nitrogens with zero attached hydrogens (tertiary/aromatic N) is 1. The van der Waals surface area contributed by atoms with Crippen molar-refractivity contribution in [2.75, 3.05) is 19.6 Å². The number of rotatable bonds is 4. The summed E-state index contributed by atoms with van der Waals surface area (Å²) in [6.45, 7) is 5.18. The van der Waals surface area contributed by atoms with Gasteiger partial charge in [0.15, 0.2) is 0 Å². The molecular formula is C16H23F2NO2. The predicted molar refractivity (Wildman–Crippen MR) is 76.8 cm³/mol. The summed E-state index contributed by atoms with van der Waals surface area (Å²) in [5, 5.41) is 20.7. The molecule has 2 rings (SSSR count). The second kappa shape index (κ2) is 5.99. The Hall–Kier alpha value is -1.04. The fourth-order valence-corrected chi connectivity index (χ4v) is 2.87. The lowest BCUT2D eigenvalue weighted by molar-refractivity contribution is -0.0540. The van der Waals surface area contributed by atoms with E-state index in [1.54, 1.807) is 6.92 Å². The average Bonchev–Trinajstić information content (AvgIpc) is 2.41. The van der Waals surface area contributed by atoms with E-state index in [9.17, 15) is 19.0 Å². The van der Waals surface area contributed by atoms with E-state index < -0.39 is 22.8 Å². The van der Waals surface area contributed by atoms with Crippen molar-refractivity contribution in [3.8, 4) is 0 Å². The van der Waals surface area contributed by atoms with Crippen LogP contribution in [0.4, 0.5) is 8.78 Å². The van der Waals surface area contributed by atoms with Crippen LogP contribution in [0.5, 0.6) is 0 Å². The summed E-state index contributed by atoms with van der Waals surface area (Å²) in [4.78, 5) is 2.02. The zero-order chi connectivity index (χ0) is 15.7. The second-order valence-electron chi connectivity index (χ2n) is 6.25. The summed E-state index contributed by atoms with van der Waals surface area (Å²) in [5.74, 6) is -1.40. The van der Waals surface area contributed by atoms with E-state index in [0.717, 1.165) is 0 Å². The largest absolute Gasteiger partial charge is 0.389 e. The van der Waals surface area contributed by atoms with Crippen LogP contribution in [0, 0.1) is 11.6 Å². The first-order valence-corrected chi connectivity index (χ1v) is 7.39. The van der Waals surface area contributed by atoms with Crippen LogP contribution in [-0.2, 0) is 5.60 Å². The minimum absolute atomic E-state index is 0.230. The van der Waals surface area contributed by atoms with Gasteiger partial charge < -0.3 is 15.1 Å². The number of β-amino-alcohol motifs (C(OH)–C–C–N with tert-alkyl or cyclic N) is 1. The number of likely N-dealkylation sites (tertiary alicyclic amines) is 1. The van der Waals surface area contributed by atoms with Crippen LogP contribution in [0.2, 0.25) is 0 Å². The van der Waals surface area contributed by atoms with Gasteiger partial charge in [0.2, 0.25) is 0 Å². The average molecular weight is 299 g/mol. The number of aliphatic hydroxyl groups is 2. The van der Waals surface area contributed by atoms with E-state index in [-0.39, 0.29) is 18.4 Å². The van der Waals surface area contributed by atoms with Crippen molar-refractivity contribution in [3.05, 3.63) is 35.4 Å². The molecule has 3 nitrogen and oxygen atoms in total. The lowest BCUT2D eigenvalue weighted by Gasteiger charge is -2.41. The molecule has 0 aliphatic carbocycles. The standard InChI is InChI=1S/C16H23F2NO2/c1-3-15(2,20)11-19-9-7-16(21,8-10-19)14-12(17)5-4-6-13(14)18/h4-6,20-21H,3,7-11H2,1-2H3/t15-/m0/s1. The SMILES string of the molecule is CC[C@](C)(O)CN1CCC(O)(c2c(F)cccc2F)CC1. The highest BCUT2D eigenvalue weighted by atomic mass is 19.1. The molecule has 2 N–H and O–H groups in total. The van der Waals surface area contributed by atoms with Gasteiger partial charge in [-0.15, -0.1) is 0 Å². The van der Waals surface area contributed by atoms with E-state index in [2.05, 4.69) is 0 Å². The molecule has 21 heavy (non-hydrogen) atoms. The molecule has 0 spiro atoms. The van der Waals surface area contributed by atoms with Gasteiger partial charge in [0, 0.05) is 19.6 Å². The Morgan fingerprint density at radius 3 is 2.24 bits per heavy atom. The summed E-state index contributed by atoms with van der Waals surface area (Å²) in [6, 6.07) is 3.64. The molecule has 1 fully saturated rings. The van der Waals surface area contributed by atoms with E-state index in [1.807, 2.05) is 11.8 Å². The zero-order valence-electron chi connectivity index (χ0n) is 12.6. The molecule has 1 heterocycles. The van der Waals surface area contributed by atoms with Gasteiger partial charge in [0.1, 0.15) is 11.6 Å². The third-order valence-electron chi connectivity index (χ3n) is 4.44. The van der Waals surface area contributed by atoms with Crippen molar-refractivity contribution in [1.82, 2.24) is 4.90 Å². The number of halogens is 2. The lowest BCUT2D eigenvalue weighted by Crippen LogP contribution is -2.48. The molecule has 0 radical (unpaired) electrons. The quantitative estimate of drug-likeness (QED) is 0.897. The highest BCUT2D eigenvalue weighted by Gasteiger charge is 2.39. The van der Waals surface area contributed by atoms with Crippen molar-refractivity contribution in [1.29, 1.82) is 0 Å². The van der Waals surface area contributed by atoms with Crippen molar-refractivity contribution >= 4 is 0 Å². The predicted octanol–water partition coefficient (Wildman–Crippen LogP) is 2.41. The molecular weight excluding hydrogens is 276 g/mol. The van der Waals surface area contributed by atoms with E-state index in [0.29, 0.717) is 26.1 Å². The van der Waals surface area contributed by atoms with Crippen LogP contribution in [0.3, 0.4) is 0 Å². The normalized spacial score (nSPS) is 22.0. The van der Waals surface area contributed by atoms with E-state index in [4.69, 9.17) is 0 Å². The maximum absolute atomic E-state index is 13.8. The number of piperidine rings is 1. The van der Waals surface area contributed by atoms with Crippen molar-refractivity contribution in [2.24, 2.45) is 0 Å². The fourth-order valence-electron chi connectivity index (χ4n) is 2.87. The molecule has 0 unspecified atom stereocenters. The molecule has 1 saturated heterocycles. The van der Waals surface area contributed by atoms with Gasteiger partial charge >= 0.3 is 0 Å². The van der Waals surface area contributed by atoms with E-state index in [1.165, 1.54) is 18.2 Å². The van der Waals surface area contributed by atoms with Crippen LogP contribution in [-0.4, -0.2) is 40.3 Å². The molecule has 5 heteroatoms. The summed E-state index contributed by atoms with van der Waals surface area (Å²) in [5.41, 5.74) is -2.48. The van der Waals surface area contributed by atoms with Crippen molar-refractivity contribution in [2.45, 2.75) is 44.3 Å². The molecule has 1 aliphatic heterocycles. The summed E-state index contributed by atoms with van der Waals surface area (Å²) < 4.78 is 27.7. The van der Waals surface area contributed by atoms with Crippen LogP contribution in [0.15, 0.2) is 18.2 Å². The van der Waals surface area contributed by atoms with Gasteiger partial charge in [-0.25, -0.2) is 8.78 Å². The molecule has 0 aromatic heterocycles. The summed E-state index contributed by atoms with van der Waals surface area (Å²) >= 11 is 0. The van der Waals surface area contributed by atoms with Gasteiger partial charge in [0.05, 0.1) is 16.8 Å². The Balaban J connectivity index is 2.09.